The maximum Gasteiger partial charge on any atom is 0.255 e. The van der Waals surface area contributed by atoms with Crippen molar-refractivity contribution in [3.05, 3.63) is 125 Å². The zero-order valence-corrected chi connectivity index (χ0v) is 22.6. The van der Waals surface area contributed by atoms with Crippen LogP contribution in [-0.4, -0.2) is 26.0 Å². The summed E-state index contributed by atoms with van der Waals surface area (Å²) in [5.41, 5.74) is 0.817. The van der Waals surface area contributed by atoms with E-state index in [4.69, 9.17) is 9.84 Å². The van der Waals surface area contributed by atoms with Crippen molar-refractivity contribution in [1.29, 1.82) is 0 Å². The second-order valence-electron chi connectivity index (χ2n) is 8.38. The van der Waals surface area contributed by atoms with Gasteiger partial charge in [-0.2, -0.15) is 8.78 Å². The van der Waals surface area contributed by atoms with Crippen molar-refractivity contribution in [2.75, 3.05) is 7.11 Å². The van der Waals surface area contributed by atoms with Crippen LogP contribution in [0.5, 0.6) is 11.5 Å². The van der Waals surface area contributed by atoms with E-state index in [2.05, 4.69) is 15.7 Å². The van der Waals surface area contributed by atoms with Gasteiger partial charge < -0.3 is 14.0 Å². The van der Waals surface area contributed by atoms with Crippen molar-refractivity contribution >= 4 is 22.0 Å². The number of hydrogen-bond donors (Lipinski definition) is 1. The number of benzene rings is 3. The van der Waals surface area contributed by atoms with Crippen LogP contribution in [0, 0.1) is 34.9 Å². The zero-order chi connectivity index (χ0) is 31.4. The fraction of sp³-hybridized carbons (Fsp3) is 0.0345. The Balaban J connectivity index is 0.00000135. The molecule has 0 amide bonds. The number of rotatable bonds is 6. The molecular weight excluding hydrogens is 602 g/mol. The maximum atomic E-state index is 14.0. The molecule has 5 aromatic rings. The molecule has 0 aliphatic carbocycles. The van der Waals surface area contributed by atoms with Gasteiger partial charge in [0.05, 0.1) is 35.7 Å². The van der Waals surface area contributed by atoms with Crippen molar-refractivity contribution in [3.63, 3.8) is 0 Å². The first-order valence-electron chi connectivity index (χ1n) is 11.8. The van der Waals surface area contributed by atoms with Crippen LogP contribution in [0.4, 0.5) is 26.3 Å². The number of pyridine rings is 2. The summed E-state index contributed by atoms with van der Waals surface area (Å²) in [6.07, 6.45) is 2.10. The van der Waals surface area contributed by atoms with Gasteiger partial charge in [0.15, 0.2) is 0 Å². The van der Waals surface area contributed by atoms with Crippen LogP contribution in [0.1, 0.15) is 0 Å². The summed E-state index contributed by atoms with van der Waals surface area (Å²) in [6, 6.07) is 13.5. The second kappa shape index (κ2) is 12.8. The Kier molecular flexibility index (Phi) is 9.19. The number of halogens is 6. The molecule has 1 atom stereocenters. The summed E-state index contributed by atoms with van der Waals surface area (Å²) in [5.74, 6) is -13.4. The molecule has 0 saturated carbocycles. The van der Waals surface area contributed by atoms with Gasteiger partial charge in [0.2, 0.25) is 45.9 Å². The molecule has 5 rings (SSSR count). The summed E-state index contributed by atoms with van der Waals surface area (Å²) < 4.78 is 106. The number of aliphatic hydroxyl groups excluding tert-OH is 1. The van der Waals surface area contributed by atoms with Crippen LogP contribution >= 0.6 is 0 Å². The highest BCUT2D eigenvalue weighted by Crippen LogP contribution is 2.32. The van der Waals surface area contributed by atoms with Gasteiger partial charge in [0, 0.05) is 23.1 Å². The van der Waals surface area contributed by atoms with Gasteiger partial charge in [0.1, 0.15) is 17.3 Å². The molecule has 43 heavy (non-hydrogen) atoms. The molecule has 3 aromatic carbocycles. The third-order valence-electron chi connectivity index (χ3n) is 5.81. The quantitative estimate of drug-likeness (QED) is 0.0986. The van der Waals surface area contributed by atoms with Crippen LogP contribution in [0.25, 0.3) is 27.8 Å². The van der Waals surface area contributed by atoms with Crippen molar-refractivity contribution in [2.24, 2.45) is 0 Å². The molecule has 0 bridgehead atoms. The van der Waals surface area contributed by atoms with E-state index >= 15 is 0 Å². The topological polar surface area (TPSA) is 90.6 Å². The Labute approximate surface area is 241 Å². The SMILES string of the molecule is C=CO.COc1cc(-c2cccc(F)c2)ncc1-n1c(=O)ccc2cc(S(=O)Oc3c(F)c(F)c(F)c(F)c3F)ccc21. The third-order valence-corrected chi connectivity index (χ3v) is 6.77. The molecule has 0 radical (unpaired) electrons. The van der Waals surface area contributed by atoms with Crippen LogP contribution in [0.3, 0.4) is 0 Å². The lowest BCUT2D eigenvalue weighted by Gasteiger charge is -2.15. The van der Waals surface area contributed by atoms with E-state index in [1.807, 2.05) is 0 Å². The fourth-order valence-electron chi connectivity index (χ4n) is 3.92. The zero-order valence-electron chi connectivity index (χ0n) is 21.8. The number of aliphatic hydroxyl groups is 1. The molecule has 2 aromatic heterocycles. The first-order chi connectivity index (χ1) is 20.5. The number of aromatic nitrogens is 2. The van der Waals surface area contributed by atoms with Gasteiger partial charge in [-0.05, 0) is 36.4 Å². The minimum Gasteiger partial charge on any atom is -0.516 e. The molecule has 7 nitrogen and oxygen atoms in total. The number of hydrogen-bond acceptors (Lipinski definition) is 6. The van der Waals surface area contributed by atoms with Crippen molar-refractivity contribution in [2.45, 2.75) is 4.90 Å². The molecule has 2 heterocycles. The second-order valence-corrected chi connectivity index (χ2v) is 9.49. The predicted molar refractivity (Wildman–Crippen MR) is 145 cm³/mol. The predicted octanol–water partition coefficient (Wildman–Crippen LogP) is 6.69. The van der Waals surface area contributed by atoms with Crippen molar-refractivity contribution < 1.29 is 44.6 Å². The molecule has 0 spiro atoms. The highest BCUT2D eigenvalue weighted by molar-refractivity contribution is 7.80. The molecular formula is C29H18F6N2O5S. The Morgan fingerprint density at radius 3 is 2.19 bits per heavy atom. The Morgan fingerprint density at radius 1 is 0.907 bits per heavy atom. The number of methoxy groups -OCH3 is 1. The van der Waals surface area contributed by atoms with Crippen LogP contribution in [0.15, 0.2) is 89.4 Å². The average Bonchev–Trinajstić information content (AvgIpc) is 3.01. The van der Waals surface area contributed by atoms with Gasteiger partial charge in [-0.15, -0.1) is 0 Å². The van der Waals surface area contributed by atoms with Gasteiger partial charge in [-0.1, -0.05) is 18.7 Å². The maximum absolute atomic E-state index is 14.0. The lowest BCUT2D eigenvalue weighted by Crippen LogP contribution is -2.18. The highest BCUT2D eigenvalue weighted by atomic mass is 32.2. The summed E-state index contributed by atoms with van der Waals surface area (Å²) >= 11 is -2.71. The van der Waals surface area contributed by atoms with Crippen LogP contribution in [-0.2, 0) is 11.1 Å². The smallest absolute Gasteiger partial charge is 0.255 e. The largest absolute Gasteiger partial charge is 0.516 e. The van der Waals surface area contributed by atoms with E-state index in [1.54, 1.807) is 6.07 Å². The molecule has 0 aliphatic rings. The lowest BCUT2D eigenvalue weighted by atomic mass is 10.1. The van der Waals surface area contributed by atoms with E-state index in [1.165, 1.54) is 72.5 Å². The van der Waals surface area contributed by atoms with Crippen LogP contribution < -0.4 is 14.5 Å². The average molecular weight is 621 g/mol. The van der Waals surface area contributed by atoms with Gasteiger partial charge in [-0.3, -0.25) is 14.3 Å². The van der Waals surface area contributed by atoms with E-state index in [0.717, 1.165) is 6.26 Å². The van der Waals surface area contributed by atoms with Crippen LogP contribution in [0.2, 0.25) is 0 Å². The number of nitrogens with zero attached hydrogens (tertiary/aromatic N) is 2. The first-order valence-corrected chi connectivity index (χ1v) is 12.9. The van der Waals surface area contributed by atoms with Gasteiger partial charge in [-0.25, -0.2) is 21.8 Å². The molecule has 0 aliphatic heterocycles. The first kappa shape index (κ1) is 30.8. The van der Waals surface area contributed by atoms with E-state index in [0.29, 0.717) is 16.6 Å². The normalized spacial score (nSPS) is 11.4. The number of fused-ring (bicyclic) bond motifs is 1. The molecule has 1 N–H and O–H groups in total. The Hall–Kier alpha value is -5.11. The highest BCUT2D eigenvalue weighted by Gasteiger charge is 2.29. The van der Waals surface area contributed by atoms with Crippen molar-refractivity contribution in [1.82, 2.24) is 9.55 Å². The molecule has 0 fully saturated rings. The van der Waals surface area contributed by atoms with E-state index < -0.39 is 57.3 Å². The van der Waals surface area contributed by atoms with E-state index in [9.17, 15) is 35.3 Å². The molecule has 14 heteroatoms. The summed E-state index contributed by atoms with van der Waals surface area (Å²) in [7, 11) is 1.36. The third kappa shape index (κ3) is 6.09. The van der Waals surface area contributed by atoms with Crippen molar-refractivity contribution in [3.8, 4) is 28.4 Å². The standard InChI is InChI=1S/C27H14F6N2O4S.C2H4O/c1-38-20-11-17(13-3-2-4-15(28)9-13)34-12-19(20)35-18-7-6-16(10-14(18)5-8-21(35)36)40(37)39-27-25(32)23(30)22(29)24(31)26(27)33;1-2-3/h2-12H,1H3;2-3H,1H2. The Morgan fingerprint density at radius 2 is 1.56 bits per heavy atom. The number of ether oxygens (including phenoxy) is 1. The minimum atomic E-state index is -2.71. The molecule has 0 saturated heterocycles. The summed E-state index contributed by atoms with van der Waals surface area (Å²) in [6.45, 7) is 2.92. The molecule has 222 valence electrons. The monoisotopic (exact) mass is 620 g/mol. The fourth-order valence-corrected chi connectivity index (χ4v) is 4.72. The molecule has 1 unspecified atom stereocenters. The minimum absolute atomic E-state index is 0.201. The van der Waals surface area contributed by atoms with Gasteiger partial charge in [0.25, 0.3) is 5.56 Å². The van der Waals surface area contributed by atoms with E-state index in [-0.39, 0.29) is 21.8 Å². The van der Waals surface area contributed by atoms with Gasteiger partial charge >= 0.3 is 0 Å². The summed E-state index contributed by atoms with van der Waals surface area (Å²) in [4.78, 5) is 17.0. The lowest BCUT2D eigenvalue weighted by molar-refractivity contribution is 0.352. The summed E-state index contributed by atoms with van der Waals surface area (Å²) in [5, 5.41) is 7.63. The Bertz CT molecular complexity index is 1920.